The third-order valence-electron chi connectivity index (χ3n) is 2.36. The van der Waals surface area contributed by atoms with Gasteiger partial charge in [-0.15, -0.1) is 11.6 Å². The van der Waals surface area contributed by atoms with Crippen molar-refractivity contribution in [2.24, 2.45) is 0 Å². The molecule has 16 heavy (non-hydrogen) atoms. The molecule has 3 nitrogen and oxygen atoms in total. The minimum Gasteiger partial charge on any atom is -0.497 e. The van der Waals surface area contributed by atoms with Crippen LogP contribution in [0.15, 0.2) is 30.5 Å². The SMILES string of the molecule is COc1ccc(Cc2ncc(CCl)[nH]2)cc1. The van der Waals surface area contributed by atoms with Crippen molar-refractivity contribution in [2.45, 2.75) is 12.3 Å². The Hall–Kier alpha value is -1.48. The molecule has 0 aliphatic carbocycles. The Morgan fingerprint density at radius 3 is 2.62 bits per heavy atom. The molecule has 0 saturated heterocycles. The zero-order valence-corrected chi connectivity index (χ0v) is 9.79. The van der Waals surface area contributed by atoms with Crippen molar-refractivity contribution < 1.29 is 4.74 Å². The van der Waals surface area contributed by atoms with E-state index in [0.29, 0.717) is 5.88 Å². The van der Waals surface area contributed by atoms with E-state index >= 15 is 0 Å². The first-order chi connectivity index (χ1) is 7.81. The summed E-state index contributed by atoms with van der Waals surface area (Å²) < 4.78 is 5.10. The number of halogens is 1. The van der Waals surface area contributed by atoms with E-state index in [1.807, 2.05) is 24.3 Å². The van der Waals surface area contributed by atoms with Crippen LogP contribution in [0.5, 0.6) is 5.75 Å². The lowest BCUT2D eigenvalue weighted by Crippen LogP contribution is -1.91. The van der Waals surface area contributed by atoms with Gasteiger partial charge in [0.15, 0.2) is 0 Å². The van der Waals surface area contributed by atoms with Crippen molar-refractivity contribution >= 4 is 11.6 Å². The Bertz CT molecular complexity index is 450. The molecule has 0 fully saturated rings. The molecule has 0 amide bonds. The average Bonchev–Trinajstić information content (AvgIpc) is 2.78. The van der Waals surface area contributed by atoms with Crippen LogP contribution < -0.4 is 4.74 Å². The van der Waals surface area contributed by atoms with Gasteiger partial charge >= 0.3 is 0 Å². The minimum atomic E-state index is 0.468. The Kier molecular flexibility index (Phi) is 3.47. The van der Waals surface area contributed by atoms with Crippen molar-refractivity contribution in [1.29, 1.82) is 0 Å². The van der Waals surface area contributed by atoms with Crippen molar-refractivity contribution in [1.82, 2.24) is 9.97 Å². The van der Waals surface area contributed by atoms with Gasteiger partial charge in [0, 0.05) is 18.3 Å². The van der Waals surface area contributed by atoms with E-state index in [1.165, 1.54) is 5.56 Å². The van der Waals surface area contributed by atoms with Crippen LogP contribution in [0.3, 0.4) is 0 Å². The normalized spacial score (nSPS) is 10.4. The van der Waals surface area contributed by atoms with Crippen LogP contribution in [0.4, 0.5) is 0 Å². The molecule has 0 unspecified atom stereocenters. The van der Waals surface area contributed by atoms with Gasteiger partial charge in [-0.25, -0.2) is 4.98 Å². The summed E-state index contributed by atoms with van der Waals surface area (Å²) in [5, 5.41) is 0. The summed E-state index contributed by atoms with van der Waals surface area (Å²) in [6.07, 6.45) is 2.55. The number of ether oxygens (including phenoxy) is 1. The lowest BCUT2D eigenvalue weighted by molar-refractivity contribution is 0.414. The lowest BCUT2D eigenvalue weighted by atomic mass is 10.1. The maximum absolute atomic E-state index is 5.70. The Morgan fingerprint density at radius 2 is 2.06 bits per heavy atom. The second-order valence-electron chi connectivity index (χ2n) is 3.51. The average molecular weight is 237 g/mol. The van der Waals surface area contributed by atoms with Gasteiger partial charge in [0.2, 0.25) is 0 Å². The summed E-state index contributed by atoms with van der Waals surface area (Å²) in [5.74, 6) is 2.26. The summed E-state index contributed by atoms with van der Waals surface area (Å²) in [6, 6.07) is 7.95. The summed E-state index contributed by atoms with van der Waals surface area (Å²) in [6.45, 7) is 0. The van der Waals surface area contributed by atoms with Crippen LogP contribution in [0.25, 0.3) is 0 Å². The van der Waals surface area contributed by atoms with E-state index in [0.717, 1.165) is 23.7 Å². The predicted octanol–water partition coefficient (Wildman–Crippen LogP) is 2.75. The maximum Gasteiger partial charge on any atom is 0.118 e. The van der Waals surface area contributed by atoms with E-state index in [9.17, 15) is 0 Å². The Balaban J connectivity index is 2.08. The first-order valence-electron chi connectivity index (χ1n) is 5.03. The van der Waals surface area contributed by atoms with Crippen LogP contribution >= 0.6 is 11.6 Å². The van der Waals surface area contributed by atoms with Crippen LogP contribution in [0.2, 0.25) is 0 Å². The van der Waals surface area contributed by atoms with Gasteiger partial charge in [0.25, 0.3) is 0 Å². The molecule has 1 aromatic heterocycles. The van der Waals surface area contributed by atoms with Gasteiger partial charge in [-0.2, -0.15) is 0 Å². The first kappa shape index (κ1) is 11.0. The highest BCUT2D eigenvalue weighted by Crippen LogP contribution is 2.13. The van der Waals surface area contributed by atoms with E-state index in [4.69, 9.17) is 16.3 Å². The van der Waals surface area contributed by atoms with E-state index < -0.39 is 0 Å². The first-order valence-corrected chi connectivity index (χ1v) is 5.57. The summed E-state index contributed by atoms with van der Waals surface area (Å²) >= 11 is 5.70. The lowest BCUT2D eigenvalue weighted by Gasteiger charge is -2.01. The fraction of sp³-hybridized carbons (Fsp3) is 0.250. The fourth-order valence-corrected chi connectivity index (χ4v) is 1.64. The summed E-state index contributed by atoms with van der Waals surface area (Å²) in [7, 11) is 1.66. The van der Waals surface area contributed by atoms with E-state index in [2.05, 4.69) is 9.97 Å². The number of methoxy groups -OCH3 is 1. The second-order valence-corrected chi connectivity index (χ2v) is 3.78. The molecule has 0 atom stereocenters. The van der Waals surface area contributed by atoms with Gasteiger partial charge in [0.05, 0.1) is 13.0 Å². The molecule has 0 spiro atoms. The molecule has 0 aliphatic heterocycles. The van der Waals surface area contributed by atoms with Crippen molar-refractivity contribution in [2.75, 3.05) is 7.11 Å². The molecular weight excluding hydrogens is 224 g/mol. The standard InChI is InChI=1S/C12H13ClN2O/c1-16-11-4-2-9(3-5-11)6-12-14-8-10(7-13)15-12/h2-5,8H,6-7H2,1H3,(H,14,15). The maximum atomic E-state index is 5.70. The fourth-order valence-electron chi connectivity index (χ4n) is 1.50. The van der Waals surface area contributed by atoms with Crippen LogP contribution in [0.1, 0.15) is 17.1 Å². The number of imidazole rings is 1. The van der Waals surface area contributed by atoms with Crippen LogP contribution in [0, 0.1) is 0 Å². The largest absolute Gasteiger partial charge is 0.497 e. The highest BCUT2D eigenvalue weighted by atomic mass is 35.5. The summed E-state index contributed by atoms with van der Waals surface area (Å²) in [5.41, 5.74) is 2.14. The number of rotatable bonds is 4. The highest BCUT2D eigenvalue weighted by Gasteiger charge is 2.01. The molecule has 2 aromatic rings. The topological polar surface area (TPSA) is 37.9 Å². The Morgan fingerprint density at radius 1 is 1.31 bits per heavy atom. The number of H-pyrrole nitrogens is 1. The van der Waals surface area contributed by atoms with E-state index in [-0.39, 0.29) is 0 Å². The van der Waals surface area contributed by atoms with Gasteiger partial charge in [-0.1, -0.05) is 12.1 Å². The molecule has 0 aliphatic rings. The molecule has 2 rings (SSSR count). The number of alkyl halides is 1. The minimum absolute atomic E-state index is 0.468. The van der Waals surface area contributed by atoms with Gasteiger partial charge < -0.3 is 9.72 Å². The third-order valence-corrected chi connectivity index (χ3v) is 2.64. The zero-order valence-electron chi connectivity index (χ0n) is 9.03. The van der Waals surface area contributed by atoms with Crippen LogP contribution in [-0.4, -0.2) is 17.1 Å². The van der Waals surface area contributed by atoms with Crippen molar-refractivity contribution in [3.05, 3.63) is 47.5 Å². The monoisotopic (exact) mass is 236 g/mol. The molecule has 84 valence electrons. The Labute approximate surface area is 99.4 Å². The zero-order chi connectivity index (χ0) is 11.4. The van der Waals surface area contributed by atoms with Gasteiger partial charge in [-0.3, -0.25) is 0 Å². The highest BCUT2D eigenvalue weighted by molar-refractivity contribution is 6.16. The molecule has 0 bridgehead atoms. The number of hydrogen-bond acceptors (Lipinski definition) is 2. The molecule has 4 heteroatoms. The molecule has 1 aromatic carbocycles. The second kappa shape index (κ2) is 5.03. The number of aromatic amines is 1. The van der Waals surface area contributed by atoms with Crippen LogP contribution in [-0.2, 0) is 12.3 Å². The number of benzene rings is 1. The van der Waals surface area contributed by atoms with E-state index in [1.54, 1.807) is 13.3 Å². The van der Waals surface area contributed by atoms with Crippen molar-refractivity contribution in [3.63, 3.8) is 0 Å². The quantitative estimate of drug-likeness (QED) is 0.829. The molecule has 0 radical (unpaired) electrons. The molecular formula is C12H13ClN2O. The third kappa shape index (κ3) is 2.55. The number of nitrogens with one attached hydrogen (secondary N) is 1. The predicted molar refractivity (Wildman–Crippen MR) is 63.9 cm³/mol. The molecule has 0 saturated carbocycles. The van der Waals surface area contributed by atoms with Gasteiger partial charge in [-0.05, 0) is 17.7 Å². The summed E-state index contributed by atoms with van der Waals surface area (Å²) in [4.78, 5) is 7.42. The number of nitrogens with zero attached hydrogens (tertiary/aromatic N) is 1. The smallest absolute Gasteiger partial charge is 0.118 e. The molecule has 1 N–H and O–H groups in total. The number of hydrogen-bond donors (Lipinski definition) is 1. The van der Waals surface area contributed by atoms with Crippen molar-refractivity contribution in [3.8, 4) is 5.75 Å². The molecule has 1 heterocycles. The van der Waals surface area contributed by atoms with Gasteiger partial charge in [0.1, 0.15) is 11.6 Å². The number of aromatic nitrogens is 2.